The Balaban J connectivity index is 2.77. The van der Waals surface area contributed by atoms with Crippen LogP contribution in [0.5, 0.6) is 0 Å². The van der Waals surface area contributed by atoms with Gasteiger partial charge in [-0.25, -0.2) is 0 Å². The van der Waals surface area contributed by atoms with Crippen molar-refractivity contribution in [3.63, 3.8) is 0 Å². The largest absolute Gasteiger partial charge is 0.275 e. The van der Waals surface area contributed by atoms with Gasteiger partial charge in [0.25, 0.3) is 0 Å². The summed E-state index contributed by atoms with van der Waals surface area (Å²) in [7, 11) is 0. The molecule has 0 saturated carbocycles. The molecule has 1 radical (unpaired) electrons. The quantitative estimate of drug-likeness (QED) is 0.314. The standard InChI is InChI=1S/C6H5N/c7-6-4-2-1-3-5-6/h2-5,7H/q+1. The van der Waals surface area contributed by atoms with Gasteiger partial charge < -0.3 is 0 Å². The molecule has 0 atom stereocenters. The molecule has 0 unspecified atom stereocenters. The van der Waals surface area contributed by atoms with Crippen LogP contribution >= 0.6 is 0 Å². The maximum absolute atomic E-state index is 6.98. The van der Waals surface area contributed by atoms with Crippen LogP contribution < -0.4 is 5.73 Å². The number of rotatable bonds is 0. The summed E-state index contributed by atoms with van der Waals surface area (Å²) in [6.07, 6.45) is 6.84. The topological polar surface area (TPSA) is 23.8 Å². The Hall–Kier alpha value is -1.07. The highest BCUT2D eigenvalue weighted by molar-refractivity contribution is 5.26. The zero-order valence-corrected chi connectivity index (χ0v) is 3.81. The van der Waals surface area contributed by atoms with Gasteiger partial charge >= 0.3 is 0 Å². The lowest BCUT2D eigenvalue weighted by Gasteiger charge is -1.80. The van der Waals surface area contributed by atoms with Gasteiger partial charge in [-0.3, -0.25) is 5.73 Å². The molecule has 33 valence electrons. The number of hydrogen-bond donors (Lipinski definition) is 0. The zero-order chi connectivity index (χ0) is 5.11. The molecule has 0 aromatic carbocycles. The molecule has 1 heteroatoms. The minimum atomic E-state index is 0.541. The Bertz CT molecular complexity index is 148. The van der Waals surface area contributed by atoms with Crippen molar-refractivity contribution < 1.29 is 0 Å². The molecule has 1 nitrogen and oxygen atoms in total. The molecular formula is C6H5N+. The van der Waals surface area contributed by atoms with E-state index in [9.17, 15) is 0 Å². The highest BCUT2D eigenvalue weighted by Gasteiger charge is 1.95. The van der Waals surface area contributed by atoms with Gasteiger partial charge in [0.2, 0.25) is 0 Å². The first-order chi connectivity index (χ1) is 3.39. The fraction of sp³-hybridized carbons (Fsp3) is 0. The lowest BCUT2D eigenvalue weighted by molar-refractivity contribution is 1.30. The third kappa shape index (κ3) is 0.881. The fourth-order valence-electron chi connectivity index (χ4n) is 0.387. The lowest BCUT2D eigenvalue weighted by Crippen LogP contribution is -1.81. The summed E-state index contributed by atoms with van der Waals surface area (Å²) in [5.41, 5.74) is 10.3. The first-order valence-electron chi connectivity index (χ1n) is 2.07. The van der Waals surface area contributed by atoms with Crippen LogP contribution in [-0.4, -0.2) is 0 Å². The van der Waals surface area contributed by atoms with Gasteiger partial charge in [-0.1, -0.05) is 0 Å². The lowest BCUT2D eigenvalue weighted by atomic mass is 10.2. The highest BCUT2D eigenvalue weighted by Crippen LogP contribution is 1.97. The summed E-state index contributed by atoms with van der Waals surface area (Å²) in [6, 6.07) is 0. The highest BCUT2D eigenvalue weighted by atomic mass is 14.6. The Morgan fingerprint density at radius 2 is 2.57 bits per heavy atom. The molecule has 0 aromatic heterocycles. The van der Waals surface area contributed by atoms with Crippen LogP contribution in [0.2, 0.25) is 0 Å². The molecule has 1 N–H and O–H groups in total. The second kappa shape index (κ2) is 1.59. The van der Waals surface area contributed by atoms with Gasteiger partial charge in [-0.15, -0.1) is 0 Å². The van der Waals surface area contributed by atoms with Crippen molar-refractivity contribution in [3.8, 4) is 0 Å². The van der Waals surface area contributed by atoms with Crippen LogP contribution in [0, 0.1) is 6.42 Å². The van der Waals surface area contributed by atoms with Gasteiger partial charge in [-0.2, -0.15) is 0 Å². The van der Waals surface area contributed by atoms with E-state index in [1.807, 2.05) is 0 Å². The van der Waals surface area contributed by atoms with Crippen LogP contribution in [0.3, 0.4) is 0 Å². The second-order valence-corrected chi connectivity index (χ2v) is 1.29. The Kier molecular flexibility index (Phi) is 0.928. The minimum Gasteiger partial charge on any atom is -0.275 e. The van der Waals surface area contributed by atoms with Gasteiger partial charge in [0, 0.05) is 5.73 Å². The molecule has 7 heavy (non-hydrogen) atoms. The molecule has 1 aliphatic rings. The minimum absolute atomic E-state index is 0.541. The Morgan fingerprint density at radius 1 is 1.71 bits per heavy atom. The van der Waals surface area contributed by atoms with E-state index >= 15 is 0 Å². The van der Waals surface area contributed by atoms with Gasteiger partial charge in [-0.05, 0) is 0 Å². The molecule has 0 aromatic rings. The molecule has 0 heterocycles. The predicted octanol–water partition coefficient (Wildman–Crippen LogP) is 1.08. The van der Waals surface area contributed by atoms with E-state index in [1.54, 1.807) is 24.6 Å². The summed E-state index contributed by atoms with van der Waals surface area (Å²) in [5, 5.41) is 0. The Labute approximate surface area is 42.8 Å². The molecule has 0 spiro atoms. The van der Waals surface area contributed by atoms with E-state index in [0.29, 0.717) is 5.70 Å². The molecular weight excluding hydrogens is 86.1 g/mol. The van der Waals surface area contributed by atoms with Gasteiger partial charge in [0.1, 0.15) is 12.2 Å². The average molecular weight is 91.1 g/mol. The number of hydrogen-bond acceptors (Lipinski definition) is 0. The predicted molar refractivity (Wildman–Crippen MR) is 28.1 cm³/mol. The second-order valence-electron chi connectivity index (χ2n) is 1.29. The summed E-state index contributed by atoms with van der Waals surface area (Å²) in [5.74, 6) is 0. The number of allylic oxidation sites excluding steroid dienone is 2. The first-order valence-corrected chi connectivity index (χ1v) is 2.07. The van der Waals surface area contributed by atoms with Crippen molar-refractivity contribution in [2.75, 3.05) is 0 Å². The monoisotopic (exact) mass is 91.0 g/mol. The molecule has 0 amide bonds. The van der Waals surface area contributed by atoms with Gasteiger partial charge in [0.05, 0.1) is 12.5 Å². The van der Waals surface area contributed by atoms with Crippen molar-refractivity contribution in [1.29, 1.82) is 0 Å². The fourth-order valence-corrected chi connectivity index (χ4v) is 0.387. The van der Waals surface area contributed by atoms with E-state index < -0.39 is 0 Å². The zero-order valence-electron chi connectivity index (χ0n) is 3.81. The van der Waals surface area contributed by atoms with Crippen LogP contribution in [0.1, 0.15) is 0 Å². The maximum atomic E-state index is 6.98. The van der Waals surface area contributed by atoms with E-state index in [1.165, 1.54) is 0 Å². The summed E-state index contributed by atoms with van der Waals surface area (Å²) >= 11 is 0. The molecule has 0 saturated heterocycles. The summed E-state index contributed by atoms with van der Waals surface area (Å²) < 4.78 is 0. The van der Waals surface area contributed by atoms with E-state index in [0.717, 1.165) is 0 Å². The smallest absolute Gasteiger partial charge is 0.166 e. The van der Waals surface area contributed by atoms with Gasteiger partial charge in [0.15, 0.2) is 5.70 Å². The van der Waals surface area contributed by atoms with Crippen LogP contribution in [0.15, 0.2) is 29.7 Å². The SMILES string of the molecule is [NH]C1=CC=C=C[CH+]1. The molecule has 1 rings (SSSR count). The first kappa shape index (κ1) is 4.10. The third-order valence-electron chi connectivity index (χ3n) is 0.718. The normalized spacial score (nSPS) is 15.7. The van der Waals surface area contributed by atoms with E-state index in [2.05, 4.69) is 5.73 Å². The van der Waals surface area contributed by atoms with Crippen molar-refractivity contribution in [1.82, 2.24) is 5.73 Å². The molecule has 1 aliphatic carbocycles. The molecule has 0 aliphatic heterocycles. The van der Waals surface area contributed by atoms with Crippen LogP contribution in [0.4, 0.5) is 0 Å². The molecule has 0 bridgehead atoms. The van der Waals surface area contributed by atoms with Crippen LogP contribution in [0.25, 0.3) is 0 Å². The van der Waals surface area contributed by atoms with E-state index in [-0.39, 0.29) is 0 Å². The summed E-state index contributed by atoms with van der Waals surface area (Å²) in [4.78, 5) is 0. The third-order valence-corrected chi connectivity index (χ3v) is 0.718. The maximum Gasteiger partial charge on any atom is 0.166 e. The molecule has 0 fully saturated rings. The van der Waals surface area contributed by atoms with Crippen molar-refractivity contribution >= 4 is 0 Å². The van der Waals surface area contributed by atoms with E-state index in [4.69, 9.17) is 5.73 Å². The van der Waals surface area contributed by atoms with Crippen LogP contribution in [-0.2, 0) is 0 Å². The Morgan fingerprint density at radius 3 is 2.86 bits per heavy atom. The van der Waals surface area contributed by atoms with Crippen molar-refractivity contribution in [2.24, 2.45) is 0 Å². The summed E-state index contributed by atoms with van der Waals surface area (Å²) in [6.45, 7) is 0. The average Bonchev–Trinajstić information content (AvgIpc) is 1.69. The van der Waals surface area contributed by atoms with Crippen molar-refractivity contribution in [3.05, 3.63) is 36.1 Å². The van der Waals surface area contributed by atoms with Crippen molar-refractivity contribution in [2.45, 2.75) is 0 Å². The number of nitrogens with one attached hydrogen (secondary N) is 1.